The number of rotatable bonds is 3. The van der Waals surface area contributed by atoms with Crippen LogP contribution in [0.3, 0.4) is 0 Å². The van der Waals surface area contributed by atoms with Gasteiger partial charge in [-0.2, -0.15) is 0 Å². The third-order valence-electron chi connectivity index (χ3n) is 1.19. The number of hydrogen-bond acceptors (Lipinski definition) is 0. The number of hydrogen-bond donors (Lipinski definition) is 0. The van der Waals surface area contributed by atoms with Crippen molar-refractivity contribution in [2.45, 2.75) is 48.0 Å². The summed E-state index contributed by atoms with van der Waals surface area (Å²) in [5.74, 6) is 0.543. The van der Waals surface area contributed by atoms with Gasteiger partial charge in [-0.3, -0.25) is 0 Å². The molecule has 0 amide bonds. The molecule has 0 aromatic heterocycles. The van der Waals surface area contributed by atoms with Gasteiger partial charge in [-0.1, -0.05) is 84.9 Å². The summed E-state index contributed by atoms with van der Waals surface area (Å²) in [6.45, 7) is 19.9. The van der Waals surface area contributed by atoms with Crippen LogP contribution in [-0.4, -0.2) is 0 Å². The van der Waals surface area contributed by atoms with Crippen LogP contribution in [0.1, 0.15) is 48.0 Å². The summed E-state index contributed by atoms with van der Waals surface area (Å²) in [5, 5.41) is 0. The monoisotopic (exact) mass is 196 g/mol. The topological polar surface area (TPSA) is 0 Å². The molecular formula is C14H28. The normalized spacial score (nSPS) is 8.50. The van der Waals surface area contributed by atoms with Gasteiger partial charge in [-0.15, -0.1) is 0 Å². The van der Waals surface area contributed by atoms with E-state index in [0.717, 1.165) is 5.57 Å². The number of allylic oxidation sites excluding steroid dienone is 4. The predicted molar refractivity (Wildman–Crippen MR) is 70.6 cm³/mol. The second-order valence-electron chi connectivity index (χ2n) is 3.03. The van der Waals surface area contributed by atoms with E-state index in [0.29, 0.717) is 5.92 Å². The second-order valence-corrected chi connectivity index (χ2v) is 3.03. The summed E-state index contributed by atoms with van der Waals surface area (Å²) in [7, 11) is 0. The van der Waals surface area contributed by atoms with Gasteiger partial charge >= 0.3 is 0 Å². The molecule has 0 radical (unpaired) electrons. The van der Waals surface area contributed by atoms with E-state index in [9.17, 15) is 0 Å². The maximum atomic E-state index is 3.86. The van der Waals surface area contributed by atoms with E-state index in [1.807, 2.05) is 26.0 Å². The standard InChI is InChI=1S/C9H14.C3H8.C2H6/c1-5-6-7-9(4)8(2)3;1-3-2;1-2/h5-8H,1,4H2,2-3H3;3H2,1-2H3;1-2H3/b7-6-;;. The van der Waals surface area contributed by atoms with Crippen molar-refractivity contribution in [3.63, 3.8) is 0 Å². The minimum Gasteiger partial charge on any atom is -0.0991 e. The summed E-state index contributed by atoms with van der Waals surface area (Å²) in [6, 6.07) is 0. The van der Waals surface area contributed by atoms with Crippen LogP contribution >= 0.6 is 0 Å². The van der Waals surface area contributed by atoms with Crippen LogP contribution in [0, 0.1) is 5.92 Å². The van der Waals surface area contributed by atoms with Crippen molar-refractivity contribution in [2.75, 3.05) is 0 Å². The SMILES string of the molecule is C=C/C=C\C(=C)C(C)C.CC.CCC. The molecule has 0 heteroatoms. The molecule has 0 bridgehead atoms. The van der Waals surface area contributed by atoms with E-state index in [2.05, 4.69) is 40.9 Å². The van der Waals surface area contributed by atoms with Crippen molar-refractivity contribution < 1.29 is 0 Å². The average Bonchev–Trinajstić information content (AvgIpc) is 2.18. The van der Waals surface area contributed by atoms with Gasteiger partial charge in [0.15, 0.2) is 0 Å². The van der Waals surface area contributed by atoms with Crippen LogP contribution in [0.4, 0.5) is 0 Å². The maximum Gasteiger partial charge on any atom is -0.0225 e. The van der Waals surface area contributed by atoms with Crippen LogP contribution in [0.5, 0.6) is 0 Å². The molecule has 0 aromatic carbocycles. The van der Waals surface area contributed by atoms with Crippen molar-refractivity contribution in [3.8, 4) is 0 Å². The molecule has 14 heavy (non-hydrogen) atoms. The third kappa shape index (κ3) is 22.5. The van der Waals surface area contributed by atoms with E-state index < -0.39 is 0 Å². The highest BCUT2D eigenvalue weighted by molar-refractivity contribution is 5.19. The molecular weight excluding hydrogens is 168 g/mol. The molecule has 0 aliphatic rings. The zero-order valence-corrected chi connectivity index (χ0v) is 10.9. The fraction of sp³-hybridized carbons (Fsp3) is 0.571. The lowest BCUT2D eigenvalue weighted by Gasteiger charge is -2.00. The van der Waals surface area contributed by atoms with Gasteiger partial charge in [0.2, 0.25) is 0 Å². The Morgan fingerprint density at radius 1 is 1.21 bits per heavy atom. The molecule has 0 aromatic rings. The van der Waals surface area contributed by atoms with Gasteiger partial charge in [0, 0.05) is 0 Å². The smallest absolute Gasteiger partial charge is 0.0225 e. The Morgan fingerprint density at radius 2 is 1.57 bits per heavy atom. The quantitative estimate of drug-likeness (QED) is 0.531. The van der Waals surface area contributed by atoms with Crippen molar-refractivity contribution in [1.82, 2.24) is 0 Å². The zero-order valence-electron chi connectivity index (χ0n) is 10.9. The molecule has 0 fully saturated rings. The molecule has 0 unspecified atom stereocenters. The molecule has 0 saturated heterocycles. The van der Waals surface area contributed by atoms with Crippen LogP contribution in [-0.2, 0) is 0 Å². The molecule has 0 saturated carbocycles. The predicted octanol–water partition coefficient (Wildman–Crippen LogP) is 5.38. The Labute approximate surface area is 91.4 Å². The molecule has 0 aliphatic heterocycles. The van der Waals surface area contributed by atoms with E-state index in [-0.39, 0.29) is 0 Å². The van der Waals surface area contributed by atoms with Crippen LogP contribution < -0.4 is 0 Å². The molecule has 0 nitrogen and oxygen atoms in total. The van der Waals surface area contributed by atoms with Crippen LogP contribution in [0.2, 0.25) is 0 Å². The first kappa shape index (κ1) is 18.9. The Kier molecular flexibility index (Phi) is 24.4. The van der Waals surface area contributed by atoms with Crippen LogP contribution in [0.25, 0.3) is 0 Å². The maximum absolute atomic E-state index is 3.86. The van der Waals surface area contributed by atoms with E-state index in [1.165, 1.54) is 6.42 Å². The summed E-state index contributed by atoms with van der Waals surface area (Å²) in [4.78, 5) is 0. The fourth-order valence-corrected chi connectivity index (χ4v) is 0.384. The van der Waals surface area contributed by atoms with E-state index >= 15 is 0 Å². The largest absolute Gasteiger partial charge is 0.0991 e. The Morgan fingerprint density at radius 3 is 1.79 bits per heavy atom. The van der Waals surface area contributed by atoms with E-state index in [4.69, 9.17) is 0 Å². The summed E-state index contributed by atoms with van der Waals surface area (Å²) in [6.07, 6.45) is 6.90. The summed E-state index contributed by atoms with van der Waals surface area (Å²) < 4.78 is 0. The first-order valence-corrected chi connectivity index (χ1v) is 5.57. The van der Waals surface area contributed by atoms with Crippen LogP contribution in [0.15, 0.2) is 37.0 Å². The van der Waals surface area contributed by atoms with Gasteiger partial charge in [-0.25, -0.2) is 0 Å². The lowest BCUT2D eigenvalue weighted by Crippen LogP contribution is -1.86. The Balaban J connectivity index is -0.000000205. The van der Waals surface area contributed by atoms with Gasteiger partial charge in [0.25, 0.3) is 0 Å². The Hall–Kier alpha value is -0.780. The van der Waals surface area contributed by atoms with Crippen molar-refractivity contribution in [1.29, 1.82) is 0 Å². The minimum atomic E-state index is 0.543. The lowest BCUT2D eigenvalue weighted by atomic mass is 10.1. The molecule has 0 heterocycles. The highest BCUT2D eigenvalue weighted by Crippen LogP contribution is 2.06. The molecule has 0 aliphatic carbocycles. The highest BCUT2D eigenvalue weighted by Gasteiger charge is 1.91. The zero-order chi connectivity index (χ0) is 12.0. The van der Waals surface area contributed by atoms with Gasteiger partial charge in [-0.05, 0) is 5.92 Å². The Bertz CT molecular complexity index is 138. The second kappa shape index (κ2) is 18.1. The van der Waals surface area contributed by atoms with Gasteiger partial charge in [0.1, 0.15) is 0 Å². The molecule has 0 spiro atoms. The summed E-state index contributed by atoms with van der Waals surface area (Å²) in [5.41, 5.74) is 1.15. The first-order valence-electron chi connectivity index (χ1n) is 5.57. The first-order chi connectivity index (χ1) is 6.59. The van der Waals surface area contributed by atoms with Crippen molar-refractivity contribution >= 4 is 0 Å². The highest BCUT2D eigenvalue weighted by atomic mass is 14.0. The molecule has 0 atom stereocenters. The minimum absolute atomic E-state index is 0.543. The van der Waals surface area contributed by atoms with Gasteiger partial charge in [0.05, 0.1) is 0 Å². The molecule has 0 N–H and O–H groups in total. The lowest BCUT2D eigenvalue weighted by molar-refractivity contribution is 0.795. The van der Waals surface area contributed by atoms with Crippen molar-refractivity contribution in [3.05, 3.63) is 37.0 Å². The van der Waals surface area contributed by atoms with Crippen molar-refractivity contribution in [2.24, 2.45) is 5.92 Å². The average molecular weight is 196 g/mol. The molecule has 0 rings (SSSR count). The fourth-order valence-electron chi connectivity index (χ4n) is 0.384. The molecule has 84 valence electrons. The third-order valence-corrected chi connectivity index (χ3v) is 1.19. The van der Waals surface area contributed by atoms with Gasteiger partial charge < -0.3 is 0 Å². The van der Waals surface area contributed by atoms with E-state index in [1.54, 1.807) is 6.08 Å². The summed E-state index contributed by atoms with van der Waals surface area (Å²) >= 11 is 0.